The fourth-order valence-electron chi connectivity index (χ4n) is 8.52. The predicted molar refractivity (Wildman–Crippen MR) is 124 cm³/mol. The zero-order chi connectivity index (χ0) is 23.7. The van der Waals surface area contributed by atoms with Gasteiger partial charge in [0, 0.05) is 17.8 Å². The molecule has 4 rings (SSSR count). The molecule has 3 fully saturated rings. The van der Waals surface area contributed by atoms with Crippen molar-refractivity contribution >= 4 is 5.78 Å². The minimum atomic E-state index is -0.976. The van der Waals surface area contributed by atoms with E-state index in [1.807, 2.05) is 0 Å². The fourth-order valence-corrected chi connectivity index (χ4v) is 8.52. The molecule has 0 bridgehead atoms. The van der Waals surface area contributed by atoms with Crippen LogP contribution in [0.2, 0.25) is 0 Å². The van der Waals surface area contributed by atoms with E-state index >= 15 is 0 Å². The SMILES string of the molecule is C[C@H](C[C@H](O)CC(C)(C)O)C1CC[C@@]2(O)C3=CC(=O)[C@@H]4C[C@@H](O)CC[C@]4(C)[C@H]3CC[C@]12C. The number of carbonyl (C=O) groups is 1. The molecule has 0 radical (unpaired) electrons. The van der Waals surface area contributed by atoms with Gasteiger partial charge in [-0.25, -0.2) is 0 Å². The molecule has 0 aromatic heterocycles. The summed E-state index contributed by atoms with van der Waals surface area (Å²) in [5, 5.41) is 43.1. The Morgan fingerprint density at radius 2 is 1.81 bits per heavy atom. The monoisotopic (exact) mass is 448 g/mol. The maximum absolute atomic E-state index is 13.2. The number of hydrogen-bond acceptors (Lipinski definition) is 5. The van der Waals surface area contributed by atoms with Gasteiger partial charge in [0.25, 0.3) is 0 Å². The summed E-state index contributed by atoms with van der Waals surface area (Å²) in [5.41, 5.74) is -1.41. The molecule has 0 aromatic carbocycles. The van der Waals surface area contributed by atoms with Crippen molar-refractivity contribution in [1.82, 2.24) is 0 Å². The summed E-state index contributed by atoms with van der Waals surface area (Å²) in [4.78, 5) is 13.2. The molecule has 1 unspecified atom stereocenters. The summed E-state index contributed by atoms with van der Waals surface area (Å²) < 4.78 is 0. The Morgan fingerprint density at radius 1 is 1.12 bits per heavy atom. The topological polar surface area (TPSA) is 98.0 Å². The Bertz CT molecular complexity index is 783. The van der Waals surface area contributed by atoms with Gasteiger partial charge in [-0.2, -0.15) is 0 Å². The average Bonchev–Trinajstić information content (AvgIpc) is 2.94. The largest absolute Gasteiger partial charge is 0.393 e. The number of aliphatic hydroxyl groups excluding tert-OH is 2. The molecule has 0 saturated heterocycles. The van der Waals surface area contributed by atoms with E-state index < -0.39 is 23.4 Å². The lowest BCUT2D eigenvalue weighted by molar-refractivity contribution is -0.141. The lowest BCUT2D eigenvalue weighted by Gasteiger charge is -2.59. The number of carbonyl (C=O) groups excluding carboxylic acids is 1. The molecule has 182 valence electrons. The highest BCUT2D eigenvalue weighted by molar-refractivity contribution is 5.95. The number of hydrogen-bond donors (Lipinski definition) is 4. The molecule has 4 aliphatic rings. The Morgan fingerprint density at radius 3 is 2.47 bits per heavy atom. The van der Waals surface area contributed by atoms with E-state index in [1.165, 1.54) is 0 Å². The van der Waals surface area contributed by atoms with E-state index in [0.29, 0.717) is 25.7 Å². The standard InChI is InChI=1S/C27H44O5/c1-16(12-18(29)15-24(2,3)31)19-8-11-27(32)21-14-23(30)22-13-17(28)6-9-25(22,4)20(21)7-10-26(19,27)5/h14,16-20,22,28-29,31-32H,6-13,15H2,1-5H3/t16-,17+,18+,19?,20+,22+,25-,26-,27-/m1/s1. The molecule has 0 heterocycles. The van der Waals surface area contributed by atoms with Gasteiger partial charge in [0.2, 0.25) is 0 Å². The highest BCUT2D eigenvalue weighted by Gasteiger charge is 2.66. The number of allylic oxidation sites excluding steroid dienone is 1. The van der Waals surface area contributed by atoms with E-state index in [-0.39, 0.29) is 40.3 Å². The van der Waals surface area contributed by atoms with Gasteiger partial charge in [-0.1, -0.05) is 20.8 Å². The van der Waals surface area contributed by atoms with E-state index in [1.54, 1.807) is 19.9 Å². The van der Waals surface area contributed by atoms with Crippen LogP contribution in [-0.2, 0) is 4.79 Å². The van der Waals surface area contributed by atoms with E-state index in [4.69, 9.17) is 0 Å². The van der Waals surface area contributed by atoms with Crippen LogP contribution in [0.25, 0.3) is 0 Å². The van der Waals surface area contributed by atoms with Crippen LogP contribution in [0, 0.1) is 34.5 Å². The van der Waals surface area contributed by atoms with Crippen molar-refractivity contribution in [2.45, 2.75) is 116 Å². The fraction of sp³-hybridized carbons (Fsp3) is 0.889. The maximum atomic E-state index is 13.2. The molecule has 0 amide bonds. The summed E-state index contributed by atoms with van der Waals surface area (Å²) in [6, 6.07) is 0. The maximum Gasteiger partial charge on any atom is 0.159 e. The van der Waals surface area contributed by atoms with Crippen LogP contribution in [0.3, 0.4) is 0 Å². The van der Waals surface area contributed by atoms with Crippen molar-refractivity contribution in [2.24, 2.45) is 34.5 Å². The van der Waals surface area contributed by atoms with Gasteiger partial charge in [-0.15, -0.1) is 0 Å². The molecule has 5 nitrogen and oxygen atoms in total. The van der Waals surface area contributed by atoms with Gasteiger partial charge in [-0.3, -0.25) is 4.79 Å². The van der Waals surface area contributed by atoms with Crippen LogP contribution in [0.1, 0.15) is 92.4 Å². The first-order chi connectivity index (χ1) is 14.7. The second-order valence-electron chi connectivity index (χ2n) is 12.9. The second-order valence-corrected chi connectivity index (χ2v) is 12.9. The van der Waals surface area contributed by atoms with Gasteiger partial charge < -0.3 is 20.4 Å². The van der Waals surface area contributed by atoms with Gasteiger partial charge in [0.05, 0.1) is 23.4 Å². The van der Waals surface area contributed by atoms with Crippen molar-refractivity contribution in [3.63, 3.8) is 0 Å². The molecule has 0 aliphatic heterocycles. The summed E-state index contributed by atoms with van der Waals surface area (Å²) in [5.74, 6) is 0.634. The molecule has 3 saturated carbocycles. The molecule has 32 heavy (non-hydrogen) atoms. The van der Waals surface area contributed by atoms with Gasteiger partial charge >= 0.3 is 0 Å². The van der Waals surface area contributed by atoms with Crippen LogP contribution >= 0.6 is 0 Å². The first kappa shape index (κ1) is 24.4. The third kappa shape index (κ3) is 3.72. The summed E-state index contributed by atoms with van der Waals surface area (Å²) >= 11 is 0. The molecular formula is C27H44O5. The number of rotatable bonds is 5. The molecule has 9 atom stereocenters. The van der Waals surface area contributed by atoms with Crippen LogP contribution in [0.5, 0.6) is 0 Å². The zero-order valence-electron chi connectivity index (χ0n) is 20.6. The third-order valence-corrected chi connectivity index (χ3v) is 10.2. The van der Waals surface area contributed by atoms with Gasteiger partial charge in [0.1, 0.15) is 0 Å². The minimum Gasteiger partial charge on any atom is -0.393 e. The van der Waals surface area contributed by atoms with Crippen molar-refractivity contribution in [3.8, 4) is 0 Å². The Labute approximate surface area is 193 Å². The normalized spacial score (nSPS) is 46.0. The van der Waals surface area contributed by atoms with Crippen LogP contribution in [0.4, 0.5) is 0 Å². The molecule has 0 aromatic rings. The van der Waals surface area contributed by atoms with Crippen LogP contribution in [-0.4, -0.2) is 49.6 Å². The third-order valence-electron chi connectivity index (χ3n) is 10.2. The smallest absolute Gasteiger partial charge is 0.159 e. The summed E-state index contributed by atoms with van der Waals surface area (Å²) in [6.45, 7) is 10.0. The molecule has 4 aliphatic carbocycles. The van der Waals surface area contributed by atoms with Crippen molar-refractivity contribution in [1.29, 1.82) is 0 Å². The summed E-state index contributed by atoms with van der Waals surface area (Å²) in [6.07, 6.45) is 7.32. The van der Waals surface area contributed by atoms with Crippen molar-refractivity contribution in [3.05, 3.63) is 11.6 Å². The zero-order valence-corrected chi connectivity index (χ0v) is 20.6. The average molecular weight is 449 g/mol. The van der Waals surface area contributed by atoms with Crippen LogP contribution in [0.15, 0.2) is 11.6 Å². The predicted octanol–water partition coefficient (Wildman–Crippen LogP) is 3.77. The van der Waals surface area contributed by atoms with E-state index in [2.05, 4.69) is 20.8 Å². The van der Waals surface area contributed by atoms with E-state index in [9.17, 15) is 25.2 Å². The number of aliphatic hydroxyl groups is 4. The van der Waals surface area contributed by atoms with Gasteiger partial charge in [-0.05, 0) is 100 Å². The molecule has 5 heteroatoms. The highest BCUT2D eigenvalue weighted by atomic mass is 16.3. The van der Waals surface area contributed by atoms with Crippen LogP contribution < -0.4 is 0 Å². The van der Waals surface area contributed by atoms with Gasteiger partial charge in [0.15, 0.2) is 5.78 Å². The lowest BCUT2D eigenvalue weighted by atomic mass is 9.46. The first-order valence-electron chi connectivity index (χ1n) is 12.8. The second kappa shape index (κ2) is 7.90. The van der Waals surface area contributed by atoms with Crippen molar-refractivity contribution < 1.29 is 25.2 Å². The minimum absolute atomic E-state index is 0.0901. The summed E-state index contributed by atoms with van der Waals surface area (Å²) in [7, 11) is 0. The van der Waals surface area contributed by atoms with Crippen molar-refractivity contribution in [2.75, 3.05) is 0 Å². The van der Waals surface area contributed by atoms with E-state index in [0.717, 1.165) is 37.7 Å². The number of ketones is 1. The highest BCUT2D eigenvalue weighted by Crippen LogP contribution is 2.68. The molecule has 4 N–H and O–H groups in total. The lowest BCUT2D eigenvalue weighted by Crippen LogP contribution is -2.59. The Balaban J connectivity index is 1.60. The Hall–Kier alpha value is -0.750. The molecular weight excluding hydrogens is 404 g/mol. The molecule has 0 spiro atoms. The first-order valence-corrected chi connectivity index (χ1v) is 12.8. The number of fused-ring (bicyclic) bond motifs is 5. The Kier molecular flexibility index (Phi) is 6.02. The quantitative estimate of drug-likeness (QED) is 0.513.